The first-order chi connectivity index (χ1) is 24.1. The van der Waals surface area contributed by atoms with Crippen LogP contribution in [0.15, 0.2) is 70.1 Å². The van der Waals surface area contributed by atoms with Crippen molar-refractivity contribution in [2.75, 3.05) is 18.4 Å². The third-order valence-corrected chi connectivity index (χ3v) is 9.32. The highest BCUT2D eigenvalue weighted by Crippen LogP contribution is 2.37. The molecule has 0 saturated carbocycles. The summed E-state index contributed by atoms with van der Waals surface area (Å²) in [5, 5.41) is 61.7. The largest absolute Gasteiger partial charge is 0.508 e. The predicted octanol–water partition coefficient (Wildman–Crippen LogP) is 5.30. The first kappa shape index (κ1) is 37.7. The number of fused-ring (bicyclic) bond motifs is 1. The number of phenols is 1. The lowest BCUT2D eigenvalue weighted by molar-refractivity contribution is -0.144. The summed E-state index contributed by atoms with van der Waals surface area (Å²) < 4.78 is 16.0. The van der Waals surface area contributed by atoms with Crippen LogP contribution >= 0.6 is 15.9 Å². The number of carbonyl (C=O) groups is 2. The van der Waals surface area contributed by atoms with E-state index in [1.165, 1.54) is 12.1 Å². The summed E-state index contributed by atoms with van der Waals surface area (Å²) in [6.45, 7) is 6.50. The smallest absolute Gasteiger partial charge is 0.309 e. The molecule has 9 N–H and O–H groups in total. The second-order valence-corrected chi connectivity index (χ2v) is 14.8. The monoisotopic (exact) mass is 767 g/mol. The number of carboxylic acids is 1. The standard InChI is InChI=1S/C37H43BrFN5O7/c1-37(2,3)21-10-20(11-22(38)14-21)33(27(35(50)51)16-30(48)34-32(39)26-6-4-5-7-28(26)43-34)44-31(49)9-8-29(47)19-12-23(15-24(45)13-19)42-36-40-17-25(46)18-41-36/h4-7,10-15,25,27,29-30,33,43,45-48H,8-9,16-18H2,1-3H3,(H,44,49)(H,50,51)(H2,40,41,42). The number of aliphatic imine (C=N–C) groups is 1. The van der Waals surface area contributed by atoms with E-state index in [9.17, 15) is 35.1 Å². The number of nitrogens with zero attached hydrogens (tertiary/aromatic N) is 1. The van der Waals surface area contributed by atoms with Crippen LogP contribution in [-0.4, -0.2) is 67.5 Å². The van der Waals surface area contributed by atoms with Crippen molar-refractivity contribution in [3.8, 4) is 5.75 Å². The Labute approximate surface area is 303 Å². The Hall–Kier alpha value is -4.50. The van der Waals surface area contributed by atoms with E-state index in [0.717, 1.165) is 5.56 Å². The number of phenolic OH excluding ortho intramolecular Hbond substituents is 1. The first-order valence-electron chi connectivity index (χ1n) is 16.6. The molecule has 51 heavy (non-hydrogen) atoms. The lowest BCUT2D eigenvalue weighted by atomic mass is 9.82. The van der Waals surface area contributed by atoms with Crippen LogP contribution in [0, 0.1) is 11.7 Å². The van der Waals surface area contributed by atoms with E-state index >= 15 is 4.39 Å². The Morgan fingerprint density at radius 3 is 2.47 bits per heavy atom. The second kappa shape index (κ2) is 15.8. The van der Waals surface area contributed by atoms with Gasteiger partial charge < -0.3 is 46.5 Å². The molecule has 0 radical (unpaired) electrons. The number of hydrogen-bond donors (Lipinski definition) is 9. The van der Waals surface area contributed by atoms with Gasteiger partial charge in [0.1, 0.15) is 5.75 Å². The van der Waals surface area contributed by atoms with Crippen molar-refractivity contribution in [2.24, 2.45) is 10.9 Å². The van der Waals surface area contributed by atoms with Crippen LogP contribution in [0.1, 0.15) is 80.7 Å². The maximum Gasteiger partial charge on any atom is 0.309 e. The molecule has 5 atom stereocenters. The molecule has 2 heterocycles. The Morgan fingerprint density at radius 1 is 1.06 bits per heavy atom. The van der Waals surface area contributed by atoms with Crippen LogP contribution in [0.4, 0.5) is 10.1 Å². The van der Waals surface area contributed by atoms with Crippen LogP contribution in [0.3, 0.4) is 0 Å². The minimum Gasteiger partial charge on any atom is -0.508 e. The molecule has 1 aliphatic rings. The summed E-state index contributed by atoms with van der Waals surface area (Å²) in [6.07, 6.45) is -4.03. The number of guanidine groups is 1. The number of aromatic hydroxyl groups is 1. The number of rotatable bonds is 12. The average molecular weight is 769 g/mol. The van der Waals surface area contributed by atoms with Crippen LogP contribution in [0.2, 0.25) is 0 Å². The zero-order valence-corrected chi connectivity index (χ0v) is 30.0. The maximum absolute atomic E-state index is 15.3. The molecular weight excluding hydrogens is 725 g/mol. The highest BCUT2D eigenvalue weighted by atomic mass is 79.9. The average Bonchev–Trinajstić information content (AvgIpc) is 3.41. The van der Waals surface area contributed by atoms with E-state index < -0.39 is 54.4 Å². The maximum atomic E-state index is 15.3. The zero-order chi connectivity index (χ0) is 37.0. The van der Waals surface area contributed by atoms with E-state index in [-0.39, 0.29) is 41.6 Å². The molecule has 4 aromatic rings. The molecule has 0 saturated heterocycles. The third-order valence-electron chi connectivity index (χ3n) is 8.86. The van der Waals surface area contributed by atoms with Gasteiger partial charge in [-0.1, -0.05) is 54.9 Å². The number of aliphatic hydroxyl groups is 3. The highest BCUT2D eigenvalue weighted by Gasteiger charge is 2.35. The lowest BCUT2D eigenvalue weighted by Crippen LogP contribution is -2.42. The number of aliphatic hydroxyl groups excluding tert-OH is 3. The topological polar surface area (TPSA) is 200 Å². The summed E-state index contributed by atoms with van der Waals surface area (Å²) in [4.78, 5) is 33.5. The van der Waals surface area contributed by atoms with Crippen molar-refractivity contribution in [3.05, 3.63) is 93.3 Å². The summed E-state index contributed by atoms with van der Waals surface area (Å²) in [6, 6.07) is 15.3. The molecular formula is C37H43BrFN5O7. The Morgan fingerprint density at radius 2 is 1.80 bits per heavy atom. The number of amides is 1. The first-order valence-corrected chi connectivity index (χ1v) is 17.4. The van der Waals surface area contributed by atoms with E-state index in [1.54, 1.807) is 36.4 Å². The van der Waals surface area contributed by atoms with Gasteiger partial charge in [-0.25, -0.2) is 4.39 Å². The number of carbonyl (C=O) groups excluding carboxylic acids is 1. The number of anilines is 1. The predicted molar refractivity (Wildman–Crippen MR) is 195 cm³/mol. The zero-order valence-electron chi connectivity index (χ0n) is 28.5. The molecule has 272 valence electrons. The lowest BCUT2D eigenvalue weighted by Gasteiger charge is -2.29. The van der Waals surface area contributed by atoms with Crippen LogP contribution in [0.25, 0.3) is 10.9 Å². The quantitative estimate of drug-likeness (QED) is 0.0918. The van der Waals surface area contributed by atoms with Crippen molar-refractivity contribution in [1.29, 1.82) is 0 Å². The van der Waals surface area contributed by atoms with E-state index in [1.807, 2.05) is 32.9 Å². The number of aromatic amines is 1. The summed E-state index contributed by atoms with van der Waals surface area (Å²) in [5.41, 5.74) is 2.06. The molecule has 0 aliphatic carbocycles. The third kappa shape index (κ3) is 9.44. The van der Waals surface area contributed by atoms with Gasteiger partial charge in [0.25, 0.3) is 0 Å². The second-order valence-electron chi connectivity index (χ2n) is 13.9. The van der Waals surface area contributed by atoms with Gasteiger partial charge in [-0.05, 0) is 71.3 Å². The van der Waals surface area contributed by atoms with Gasteiger partial charge in [0.15, 0.2) is 11.8 Å². The van der Waals surface area contributed by atoms with E-state index in [4.69, 9.17) is 0 Å². The van der Waals surface area contributed by atoms with Gasteiger partial charge in [0.2, 0.25) is 5.91 Å². The molecule has 0 bridgehead atoms. The fraction of sp³-hybridized carbons (Fsp3) is 0.378. The number of benzene rings is 3. The molecule has 12 nitrogen and oxygen atoms in total. The number of aliphatic carboxylic acids is 1. The Balaban J connectivity index is 1.37. The number of aromatic nitrogens is 1. The number of β-amino-alcohol motifs (C(OH)–C–C–N with tert-alkyl or cyclic N) is 1. The molecule has 0 fully saturated rings. The molecule has 0 spiro atoms. The number of hydrogen-bond acceptors (Lipinski definition) is 9. The summed E-state index contributed by atoms with van der Waals surface area (Å²) in [7, 11) is 0. The SMILES string of the molecule is CC(C)(C)c1cc(Br)cc(C(NC(=O)CCC(O)c2cc(O)cc(NC3=NCC(O)CN3)c2)C(CC(O)c2[nH]c3ccccc3c2F)C(=O)O)c1. The normalized spacial score (nSPS) is 17.2. The van der Waals surface area contributed by atoms with E-state index in [2.05, 4.69) is 41.9 Å². The van der Waals surface area contributed by atoms with Crippen LogP contribution in [0.5, 0.6) is 5.75 Å². The minimum atomic E-state index is -1.54. The van der Waals surface area contributed by atoms with Gasteiger partial charge in [0, 0.05) is 40.1 Å². The molecule has 1 amide bonds. The molecule has 5 rings (SSSR count). The van der Waals surface area contributed by atoms with Crippen molar-refractivity contribution < 1.29 is 39.5 Å². The number of halogens is 2. The van der Waals surface area contributed by atoms with Gasteiger partial charge in [-0.3, -0.25) is 14.6 Å². The van der Waals surface area contributed by atoms with Crippen LogP contribution in [-0.2, 0) is 15.0 Å². The van der Waals surface area contributed by atoms with Crippen LogP contribution < -0.4 is 16.0 Å². The van der Waals surface area contributed by atoms with Crippen molar-refractivity contribution in [3.63, 3.8) is 0 Å². The van der Waals surface area contributed by atoms with Crippen molar-refractivity contribution in [1.82, 2.24) is 15.6 Å². The summed E-state index contributed by atoms with van der Waals surface area (Å²) >= 11 is 3.52. The molecule has 1 aliphatic heterocycles. The van der Waals surface area contributed by atoms with Crippen molar-refractivity contribution in [2.45, 2.75) is 69.8 Å². The number of nitrogens with one attached hydrogen (secondary N) is 4. The number of H-pyrrole nitrogens is 1. The number of carboxylic acid groups (broad SMARTS) is 1. The summed E-state index contributed by atoms with van der Waals surface area (Å²) in [5.74, 6) is -3.68. The van der Waals surface area contributed by atoms with Gasteiger partial charge >= 0.3 is 5.97 Å². The highest BCUT2D eigenvalue weighted by molar-refractivity contribution is 9.10. The van der Waals surface area contributed by atoms with Gasteiger partial charge in [0.05, 0.1) is 42.5 Å². The van der Waals surface area contributed by atoms with Crippen molar-refractivity contribution >= 4 is 50.4 Å². The fourth-order valence-corrected chi connectivity index (χ4v) is 6.58. The Kier molecular flexibility index (Phi) is 11.7. The molecule has 1 aromatic heterocycles. The molecule has 14 heteroatoms. The number of para-hydroxylation sites is 1. The molecule has 3 aromatic carbocycles. The van der Waals surface area contributed by atoms with Gasteiger partial charge in [-0.15, -0.1) is 0 Å². The molecule has 5 unspecified atom stereocenters. The van der Waals surface area contributed by atoms with E-state index in [0.29, 0.717) is 39.3 Å². The Bertz CT molecular complexity index is 1930. The minimum absolute atomic E-state index is 0.0702. The van der Waals surface area contributed by atoms with Gasteiger partial charge in [-0.2, -0.15) is 0 Å². The fourth-order valence-electron chi connectivity index (χ4n) is 6.07.